The summed E-state index contributed by atoms with van der Waals surface area (Å²) >= 11 is 1.41. The van der Waals surface area contributed by atoms with Crippen LogP contribution in [0.1, 0.15) is 6.42 Å². The van der Waals surface area contributed by atoms with Crippen molar-refractivity contribution in [3.8, 4) is 10.4 Å². The molecule has 0 saturated carbocycles. The molecule has 0 spiro atoms. The molecule has 2 aromatic rings. The van der Waals surface area contributed by atoms with Gasteiger partial charge in [0, 0.05) is 17.8 Å². The molecule has 7 nitrogen and oxygen atoms in total. The SMILES string of the molecule is O=C(O)CC[n+]1ccc(-c2ccns2)cn1.O=C([O-])C(F)(F)F. The molecule has 124 valence electrons. The molecule has 2 rings (SSSR count). The highest BCUT2D eigenvalue weighted by Crippen LogP contribution is 2.20. The van der Waals surface area contributed by atoms with Gasteiger partial charge in [0.15, 0.2) is 12.7 Å². The number of hydrogen-bond donors (Lipinski definition) is 1. The highest BCUT2D eigenvalue weighted by Gasteiger charge is 2.28. The molecule has 0 aliphatic heterocycles. The van der Waals surface area contributed by atoms with Crippen LogP contribution in [0.2, 0.25) is 0 Å². The minimum Gasteiger partial charge on any atom is -0.542 e. The molecule has 11 heteroatoms. The Morgan fingerprint density at radius 3 is 2.39 bits per heavy atom. The topological polar surface area (TPSA) is 107 Å². The van der Waals surface area contributed by atoms with Crippen LogP contribution < -0.4 is 9.79 Å². The molecule has 0 saturated heterocycles. The normalized spacial score (nSPS) is 10.6. The number of aromatic nitrogens is 3. The van der Waals surface area contributed by atoms with E-state index in [2.05, 4.69) is 9.47 Å². The number of alkyl halides is 3. The third-order valence-electron chi connectivity index (χ3n) is 2.28. The molecule has 0 radical (unpaired) electrons. The molecule has 2 heterocycles. The molecule has 0 aliphatic rings. The zero-order valence-electron chi connectivity index (χ0n) is 11.4. The number of nitrogens with zero attached hydrogens (tertiary/aromatic N) is 3. The summed E-state index contributed by atoms with van der Waals surface area (Å²) in [5, 5.41) is 21.5. The van der Waals surface area contributed by atoms with E-state index < -0.39 is 18.1 Å². The number of carboxylic acid groups (broad SMARTS) is 2. The van der Waals surface area contributed by atoms with Gasteiger partial charge in [0.1, 0.15) is 18.6 Å². The maximum absolute atomic E-state index is 10.5. The van der Waals surface area contributed by atoms with Crippen LogP contribution in [0.25, 0.3) is 10.4 Å². The highest BCUT2D eigenvalue weighted by molar-refractivity contribution is 7.09. The van der Waals surface area contributed by atoms with E-state index in [1.54, 1.807) is 23.3 Å². The summed E-state index contributed by atoms with van der Waals surface area (Å²) < 4.78 is 37.2. The Morgan fingerprint density at radius 1 is 1.35 bits per heavy atom. The van der Waals surface area contributed by atoms with E-state index >= 15 is 0 Å². The van der Waals surface area contributed by atoms with Crippen LogP contribution in [0, 0.1) is 0 Å². The summed E-state index contributed by atoms with van der Waals surface area (Å²) in [7, 11) is 0. The quantitative estimate of drug-likeness (QED) is 0.794. The van der Waals surface area contributed by atoms with Gasteiger partial charge in [-0.2, -0.15) is 13.2 Å². The van der Waals surface area contributed by atoms with Crippen molar-refractivity contribution < 1.29 is 37.7 Å². The average Bonchev–Trinajstić information content (AvgIpc) is 2.99. The van der Waals surface area contributed by atoms with Gasteiger partial charge >= 0.3 is 12.1 Å². The molecule has 0 amide bonds. The minimum absolute atomic E-state index is 0.0809. The van der Waals surface area contributed by atoms with Gasteiger partial charge in [-0.3, -0.25) is 4.79 Å². The van der Waals surface area contributed by atoms with Crippen molar-refractivity contribution in [1.29, 1.82) is 0 Å². The molecule has 0 unspecified atom stereocenters. The van der Waals surface area contributed by atoms with E-state index in [1.165, 1.54) is 11.5 Å². The smallest absolute Gasteiger partial charge is 0.430 e. The zero-order valence-corrected chi connectivity index (χ0v) is 12.2. The second-order valence-electron chi connectivity index (χ2n) is 3.98. The Hall–Kier alpha value is -2.56. The van der Waals surface area contributed by atoms with Crippen molar-refractivity contribution in [3.63, 3.8) is 0 Å². The van der Waals surface area contributed by atoms with Crippen molar-refractivity contribution >= 4 is 23.5 Å². The Kier molecular flexibility index (Phi) is 6.57. The summed E-state index contributed by atoms with van der Waals surface area (Å²) in [5.41, 5.74) is 0.995. The van der Waals surface area contributed by atoms with Crippen LogP contribution in [0.3, 0.4) is 0 Å². The maximum Gasteiger partial charge on any atom is 0.430 e. The summed E-state index contributed by atoms with van der Waals surface area (Å²) in [6, 6.07) is 3.83. The van der Waals surface area contributed by atoms with E-state index in [1.807, 2.05) is 12.1 Å². The molecule has 0 aliphatic carbocycles. The van der Waals surface area contributed by atoms with Crippen LogP contribution >= 0.6 is 11.5 Å². The van der Waals surface area contributed by atoms with E-state index in [0.29, 0.717) is 6.54 Å². The fourth-order valence-corrected chi connectivity index (χ4v) is 1.82. The van der Waals surface area contributed by atoms with Crippen LogP contribution in [0.15, 0.2) is 30.7 Å². The van der Waals surface area contributed by atoms with Gasteiger partial charge in [0.2, 0.25) is 0 Å². The van der Waals surface area contributed by atoms with Crippen molar-refractivity contribution in [3.05, 3.63) is 30.7 Å². The molecule has 2 aromatic heterocycles. The summed E-state index contributed by atoms with van der Waals surface area (Å²) in [6.07, 6.45) is 0.121. The van der Waals surface area contributed by atoms with E-state index in [-0.39, 0.29) is 6.42 Å². The second kappa shape index (κ2) is 8.17. The lowest BCUT2D eigenvalue weighted by Gasteiger charge is -2.03. The predicted octanol–water partition coefficient (Wildman–Crippen LogP) is 0.266. The number of hydrogen-bond acceptors (Lipinski definition) is 6. The van der Waals surface area contributed by atoms with Crippen molar-refractivity contribution in [2.75, 3.05) is 0 Å². The van der Waals surface area contributed by atoms with Gasteiger partial charge < -0.3 is 15.0 Å². The Balaban J connectivity index is 0.000000322. The van der Waals surface area contributed by atoms with E-state index in [4.69, 9.17) is 15.0 Å². The standard InChI is InChI=1S/C10H9N3O2S.C2HF3O2/c14-10(15)3-6-13-5-2-8(7-11-13)9-1-4-12-16-9;3-2(4,5)1(6)7/h1-2,4-5,7H,3,6H2;(H,6,7). The largest absolute Gasteiger partial charge is 0.542 e. The number of aliphatic carboxylic acids is 2. The third-order valence-corrected chi connectivity index (χ3v) is 3.08. The predicted molar refractivity (Wildman–Crippen MR) is 68.9 cm³/mol. The first-order valence-corrected chi connectivity index (χ1v) is 6.74. The lowest BCUT2D eigenvalue weighted by molar-refractivity contribution is -0.752. The zero-order chi connectivity index (χ0) is 17.5. The average molecular weight is 349 g/mol. The Bertz CT molecular complexity index is 645. The molecule has 0 atom stereocenters. The van der Waals surface area contributed by atoms with Crippen LogP contribution in [0.5, 0.6) is 0 Å². The van der Waals surface area contributed by atoms with Gasteiger partial charge in [-0.15, -0.1) is 0 Å². The molecule has 0 aromatic carbocycles. The van der Waals surface area contributed by atoms with Gasteiger partial charge in [-0.1, -0.05) is 4.68 Å². The summed E-state index contributed by atoms with van der Waals surface area (Å²) in [4.78, 5) is 20.2. The lowest BCUT2D eigenvalue weighted by Crippen LogP contribution is -2.38. The number of carbonyl (C=O) groups is 2. The van der Waals surface area contributed by atoms with Gasteiger partial charge in [-0.05, 0) is 22.7 Å². The van der Waals surface area contributed by atoms with Crippen molar-refractivity contribution in [2.24, 2.45) is 0 Å². The molecule has 1 N–H and O–H groups in total. The number of halogens is 3. The van der Waals surface area contributed by atoms with Crippen LogP contribution in [-0.4, -0.2) is 32.7 Å². The first-order chi connectivity index (χ1) is 10.7. The Labute approximate surface area is 131 Å². The molecule has 0 fully saturated rings. The van der Waals surface area contributed by atoms with E-state index in [9.17, 15) is 18.0 Å². The molecule has 23 heavy (non-hydrogen) atoms. The van der Waals surface area contributed by atoms with Gasteiger partial charge in [0.25, 0.3) is 0 Å². The van der Waals surface area contributed by atoms with Gasteiger partial charge in [-0.25, -0.2) is 4.37 Å². The molecular weight excluding hydrogens is 339 g/mol. The number of carbonyl (C=O) groups excluding carboxylic acids is 1. The maximum atomic E-state index is 10.5. The minimum atomic E-state index is -5.19. The monoisotopic (exact) mass is 349 g/mol. The fraction of sp³-hybridized carbons (Fsp3) is 0.250. The van der Waals surface area contributed by atoms with Crippen LogP contribution in [0.4, 0.5) is 13.2 Å². The summed E-state index contributed by atoms with van der Waals surface area (Å²) in [6.45, 7) is 0.387. The van der Waals surface area contributed by atoms with Crippen molar-refractivity contribution in [1.82, 2.24) is 9.47 Å². The Morgan fingerprint density at radius 2 is 2.00 bits per heavy atom. The first kappa shape index (κ1) is 18.5. The van der Waals surface area contributed by atoms with Crippen molar-refractivity contribution in [2.45, 2.75) is 19.1 Å². The number of rotatable bonds is 4. The summed E-state index contributed by atoms with van der Waals surface area (Å²) in [5.74, 6) is -3.83. The number of carboxylic acids is 2. The van der Waals surface area contributed by atoms with Crippen LogP contribution in [-0.2, 0) is 16.1 Å². The molecule has 0 bridgehead atoms. The van der Waals surface area contributed by atoms with Gasteiger partial charge in [0.05, 0.1) is 4.88 Å². The molecular formula is C12H10F3N3O4S. The third kappa shape index (κ3) is 6.82. The first-order valence-electron chi connectivity index (χ1n) is 5.97. The number of aryl methyl sites for hydroxylation is 1. The fourth-order valence-electron chi connectivity index (χ4n) is 1.24. The second-order valence-corrected chi connectivity index (χ2v) is 4.82. The van der Waals surface area contributed by atoms with E-state index in [0.717, 1.165) is 10.4 Å². The lowest BCUT2D eigenvalue weighted by atomic mass is 10.3. The highest BCUT2D eigenvalue weighted by atomic mass is 32.1.